The van der Waals surface area contributed by atoms with E-state index in [9.17, 15) is 18.3 Å². The van der Waals surface area contributed by atoms with E-state index in [-0.39, 0.29) is 17.3 Å². The van der Waals surface area contributed by atoms with E-state index in [4.69, 9.17) is 0 Å². The Labute approximate surface area is 122 Å². The SMILES string of the molecule is Oc1[nH]c2ccccc2c1N=Nc1cccc(C(F)(F)F)c1. The number of aromatic hydroxyl groups is 1. The maximum Gasteiger partial charge on any atom is 0.416 e. The number of hydrogen-bond acceptors (Lipinski definition) is 3. The number of nitrogens with zero attached hydrogens (tertiary/aromatic N) is 2. The van der Waals surface area contributed by atoms with Gasteiger partial charge < -0.3 is 10.1 Å². The van der Waals surface area contributed by atoms with Crippen LogP contribution < -0.4 is 0 Å². The summed E-state index contributed by atoms with van der Waals surface area (Å²) in [5, 5.41) is 18.1. The highest BCUT2D eigenvalue weighted by Gasteiger charge is 2.30. The lowest BCUT2D eigenvalue weighted by atomic mass is 10.2. The number of aromatic nitrogens is 1. The molecule has 0 atom stereocenters. The first-order chi connectivity index (χ1) is 10.4. The third-order valence-electron chi connectivity index (χ3n) is 3.10. The Bertz CT molecular complexity index is 853. The van der Waals surface area contributed by atoms with Crippen LogP contribution in [0.3, 0.4) is 0 Å². The normalized spacial score (nSPS) is 12.3. The van der Waals surface area contributed by atoms with Crippen LogP contribution in [0.4, 0.5) is 24.5 Å². The molecule has 0 spiro atoms. The summed E-state index contributed by atoms with van der Waals surface area (Å²) in [4.78, 5) is 2.72. The third kappa shape index (κ3) is 2.65. The zero-order valence-electron chi connectivity index (χ0n) is 11.1. The highest BCUT2D eigenvalue weighted by atomic mass is 19.4. The van der Waals surface area contributed by atoms with Crippen LogP contribution >= 0.6 is 0 Å². The van der Waals surface area contributed by atoms with Gasteiger partial charge in [-0.25, -0.2) is 0 Å². The lowest BCUT2D eigenvalue weighted by Gasteiger charge is -2.05. The van der Waals surface area contributed by atoms with Gasteiger partial charge in [0.1, 0.15) is 0 Å². The summed E-state index contributed by atoms with van der Waals surface area (Å²) in [5.74, 6) is -0.183. The molecule has 4 nitrogen and oxygen atoms in total. The molecule has 3 aromatic rings. The van der Waals surface area contributed by atoms with Crippen LogP contribution in [0, 0.1) is 0 Å². The molecule has 7 heteroatoms. The Morgan fingerprint density at radius 2 is 1.73 bits per heavy atom. The summed E-state index contributed by atoms with van der Waals surface area (Å²) in [7, 11) is 0. The number of alkyl halides is 3. The predicted molar refractivity (Wildman–Crippen MR) is 75.6 cm³/mol. The third-order valence-corrected chi connectivity index (χ3v) is 3.10. The van der Waals surface area contributed by atoms with E-state index in [0.717, 1.165) is 12.1 Å². The number of nitrogens with one attached hydrogen (secondary N) is 1. The first kappa shape index (κ1) is 14.1. The predicted octanol–water partition coefficient (Wildman–Crippen LogP) is 5.31. The molecular formula is C15H10F3N3O. The Morgan fingerprint density at radius 1 is 0.955 bits per heavy atom. The van der Waals surface area contributed by atoms with Gasteiger partial charge in [-0.2, -0.15) is 18.3 Å². The number of H-pyrrole nitrogens is 1. The quantitative estimate of drug-likeness (QED) is 0.619. The van der Waals surface area contributed by atoms with E-state index in [2.05, 4.69) is 15.2 Å². The van der Waals surface area contributed by atoms with Crippen molar-refractivity contribution in [1.82, 2.24) is 4.98 Å². The van der Waals surface area contributed by atoms with Crippen LogP contribution in [0.1, 0.15) is 5.56 Å². The summed E-state index contributed by atoms with van der Waals surface area (Å²) in [6.45, 7) is 0. The van der Waals surface area contributed by atoms with Gasteiger partial charge in [0.05, 0.1) is 16.8 Å². The number of rotatable bonds is 2. The summed E-state index contributed by atoms with van der Waals surface area (Å²) in [6.07, 6.45) is -4.44. The molecule has 0 saturated carbocycles. The van der Waals surface area contributed by atoms with E-state index in [1.807, 2.05) is 0 Å². The Morgan fingerprint density at radius 3 is 2.50 bits per heavy atom. The fraction of sp³-hybridized carbons (Fsp3) is 0.0667. The number of halogens is 3. The van der Waals surface area contributed by atoms with Gasteiger partial charge in [-0.1, -0.05) is 24.3 Å². The summed E-state index contributed by atoms with van der Waals surface area (Å²) >= 11 is 0. The fourth-order valence-electron chi connectivity index (χ4n) is 2.07. The lowest BCUT2D eigenvalue weighted by Crippen LogP contribution is -2.03. The van der Waals surface area contributed by atoms with Gasteiger partial charge in [-0.3, -0.25) is 0 Å². The molecule has 22 heavy (non-hydrogen) atoms. The van der Waals surface area contributed by atoms with Crippen molar-refractivity contribution >= 4 is 22.3 Å². The first-order valence-corrected chi connectivity index (χ1v) is 6.34. The topological polar surface area (TPSA) is 60.7 Å². The maximum absolute atomic E-state index is 12.6. The first-order valence-electron chi connectivity index (χ1n) is 6.34. The largest absolute Gasteiger partial charge is 0.493 e. The molecule has 0 aliphatic heterocycles. The van der Waals surface area contributed by atoms with Crippen LogP contribution in [-0.2, 0) is 6.18 Å². The van der Waals surface area contributed by atoms with Gasteiger partial charge in [-0.15, -0.1) is 5.11 Å². The molecule has 0 aliphatic carbocycles. The van der Waals surface area contributed by atoms with Crippen molar-refractivity contribution < 1.29 is 18.3 Å². The molecule has 1 heterocycles. The highest BCUT2D eigenvalue weighted by molar-refractivity contribution is 5.94. The van der Waals surface area contributed by atoms with E-state index < -0.39 is 11.7 Å². The average Bonchev–Trinajstić information content (AvgIpc) is 2.80. The minimum atomic E-state index is -4.44. The van der Waals surface area contributed by atoms with Crippen molar-refractivity contribution in [3.63, 3.8) is 0 Å². The van der Waals surface area contributed by atoms with Gasteiger partial charge in [0, 0.05) is 5.39 Å². The molecular weight excluding hydrogens is 295 g/mol. The van der Waals surface area contributed by atoms with Gasteiger partial charge in [0.15, 0.2) is 5.69 Å². The van der Waals surface area contributed by atoms with Crippen molar-refractivity contribution in [3.8, 4) is 5.88 Å². The van der Waals surface area contributed by atoms with Crippen LogP contribution in [0.15, 0.2) is 58.8 Å². The molecule has 2 N–H and O–H groups in total. The summed E-state index contributed by atoms with van der Waals surface area (Å²) in [5.41, 5.74) is 0.109. The van der Waals surface area contributed by atoms with Crippen molar-refractivity contribution in [2.75, 3.05) is 0 Å². The molecule has 1 aromatic heterocycles. The van der Waals surface area contributed by atoms with Gasteiger partial charge in [-0.05, 0) is 24.3 Å². The molecule has 2 aromatic carbocycles. The zero-order chi connectivity index (χ0) is 15.7. The number of fused-ring (bicyclic) bond motifs is 1. The molecule has 0 unspecified atom stereocenters. The molecule has 0 fully saturated rings. The highest BCUT2D eigenvalue weighted by Crippen LogP contribution is 2.37. The molecule has 3 rings (SSSR count). The molecule has 0 aliphatic rings. The molecule has 0 amide bonds. The second kappa shape index (κ2) is 5.18. The monoisotopic (exact) mass is 305 g/mol. The van der Waals surface area contributed by atoms with Crippen LogP contribution in [0.25, 0.3) is 10.9 Å². The number of para-hydroxylation sites is 1. The second-order valence-corrected chi connectivity index (χ2v) is 4.62. The lowest BCUT2D eigenvalue weighted by molar-refractivity contribution is -0.137. The second-order valence-electron chi connectivity index (χ2n) is 4.62. The van der Waals surface area contributed by atoms with E-state index >= 15 is 0 Å². The number of aromatic amines is 1. The minimum absolute atomic E-state index is 0.0551. The molecule has 0 bridgehead atoms. The van der Waals surface area contributed by atoms with E-state index in [1.54, 1.807) is 24.3 Å². The summed E-state index contributed by atoms with van der Waals surface area (Å²) < 4.78 is 37.9. The Balaban J connectivity index is 1.98. The van der Waals surface area contributed by atoms with Crippen LogP contribution in [0.5, 0.6) is 5.88 Å². The molecule has 0 saturated heterocycles. The van der Waals surface area contributed by atoms with Gasteiger partial charge >= 0.3 is 6.18 Å². The van der Waals surface area contributed by atoms with Crippen LogP contribution in [0.2, 0.25) is 0 Å². The van der Waals surface area contributed by atoms with Gasteiger partial charge in [0.25, 0.3) is 0 Å². The Hall–Kier alpha value is -2.83. The summed E-state index contributed by atoms with van der Waals surface area (Å²) in [6, 6.07) is 11.5. The smallest absolute Gasteiger partial charge is 0.416 e. The molecule has 0 radical (unpaired) electrons. The standard InChI is InChI=1S/C15H10F3N3O/c16-15(17,18)9-4-3-5-10(8-9)20-21-13-11-6-1-2-7-12(11)19-14(13)22/h1-8,19,22H. The maximum atomic E-state index is 12.6. The molecule has 112 valence electrons. The van der Waals surface area contributed by atoms with Crippen LogP contribution in [-0.4, -0.2) is 10.1 Å². The van der Waals surface area contributed by atoms with Crippen molar-refractivity contribution in [1.29, 1.82) is 0 Å². The van der Waals surface area contributed by atoms with Crippen molar-refractivity contribution in [2.45, 2.75) is 6.18 Å². The minimum Gasteiger partial charge on any atom is -0.493 e. The van der Waals surface area contributed by atoms with E-state index in [1.165, 1.54) is 12.1 Å². The van der Waals surface area contributed by atoms with E-state index in [0.29, 0.717) is 10.9 Å². The number of hydrogen-bond donors (Lipinski definition) is 2. The fourth-order valence-corrected chi connectivity index (χ4v) is 2.07. The van der Waals surface area contributed by atoms with Crippen molar-refractivity contribution in [2.24, 2.45) is 10.2 Å². The number of azo groups is 1. The number of benzene rings is 2. The Kier molecular flexibility index (Phi) is 3.32. The zero-order valence-corrected chi connectivity index (χ0v) is 11.1. The van der Waals surface area contributed by atoms with Gasteiger partial charge in [0.2, 0.25) is 5.88 Å². The average molecular weight is 305 g/mol. The van der Waals surface area contributed by atoms with Crippen molar-refractivity contribution in [3.05, 3.63) is 54.1 Å².